The fourth-order valence-corrected chi connectivity index (χ4v) is 4.59. The molecule has 2 N–H and O–H groups in total. The number of carboxylic acids is 1. The van der Waals surface area contributed by atoms with E-state index < -0.39 is 22.2 Å². The van der Waals surface area contributed by atoms with Crippen LogP contribution in [0.4, 0.5) is 13.2 Å². The third-order valence-electron chi connectivity index (χ3n) is 4.63. The third kappa shape index (κ3) is 7.32. The van der Waals surface area contributed by atoms with Gasteiger partial charge >= 0.3 is 12.1 Å². The molecule has 7 nitrogen and oxygen atoms in total. The Morgan fingerprint density at radius 3 is 2.68 bits per heavy atom. The van der Waals surface area contributed by atoms with Gasteiger partial charge < -0.3 is 9.84 Å². The van der Waals surface area contributed by atoms with E-state index in [1.54, 1.807) is 11.3 Å². The Morgan fingerprint density at radius 1 is 1.46 bits per heavy atom. The van der Waals surface area contributed by atoms with Crippen LogP contribution in [-0.2, 0) is 26.1 Å². The summed E-state index contributed by atoms with van der Waals surface area (Å²) in [6.45, 7) is 4.30. The van der Waals surface area contributed by atoms with Crippen molar-refractivity contribution in [3.63, 3.8) is 0 Å². The Morgan fingerprint density at radius 2 is 2.14 bits per heavy atom. The lowest BCUT2D eigenvalue weighted by Gasteiger charge is -2.35. The maximum Gasteiger partial charge on any atom is 0.490 e. The normalized spacial score (nSPS) is 25.6. The summed E-state index contributed by atoms with van der Waals surface area (Å²) >= 11 is 1.80. The standard InChI is InChI=1S/C14H22N2O3S2.C2HF3O2/c1-21(17,18)15-7-14-13-4-5-16(8-11(13)10-19-14)9-12-3-2-6-20-12;3-2(4,5)1(6)7/h2-3,6,11,13-15H,4-5,7-10H2,1H3;(H,6,7)/t11-,13-,14-;/m1./s1. The molecule has 0 amide bonds. The van der Waals surface area contributed by atoms with Crippen LogP contribution in [0.5, 0.6) is 0 Å². The molecular formula is C16H23F3N2O5S2. The Balaban J connectivity index is 0.000000345. The molecule has 2 aliphatic rings. The first-order valence-electron chi connectivity index (χ1n) is 8.57. The fourth-order valence-electron chi connectivity index (χ4n) is 3.37. The second-order valence-electron chi connectivity index (χ2n) is 6.82. The Bertz CT molecular complexity index is 740. The number of carboxylic acid groups (broad SMARTS) is 1. The first-order valence-corrected chi connectivity index (χ1v) is 11.3. The van der Waals surface area contributed by atoms with Crippen LogP contribution >= 0.6 is 11.3 Å². The van der Waals surface area contributed by atoms with Gasteiger partial charge in [0.15, 0.2) is 0 Å². The molecule has 2 saturated heterocycles. The van der Waals surface area contributed by atoms with Gasteiger partial charge in [-0.2, -0.15) is 13.2 Å². The van der Waals surface area contributed by atoms with Gasteiger partial charge in [-0.1, -0.05) is 6.07 Å². The Kier molecular flexibility index (Phi) is 7.85. The number of carbonyl (C=O) groups is 1. The minimum Gasteiger partial charge on any atom is -0.475 e. The van der Waals surface area contributed by atoms with Gasteiger partial charge in [0, 0.05) is 30.4 Å². The van der Waals surface area contributed by atoms with Crippen molar-refractivity contribution in [1.29, 1.82) is 0 Å². The van der Waals surface area contributed by atoms with Crippen LogP contribution in [0.1, 0.15) is 11.3 Å². The largest absolute Gasteiger partial charge is 0.490 e. The number of halogens is 3. The molecule has 3 heterocycles. The highest BCUT2D eigenvalue weighted by atomic mass is 32.2. The maximum atomic E-state index is 11.2. The predicted octanol–water partition coefficient (Wildman–Crippen LogP) is 1.77. The summed E-state index contributed by atoms with van der Waals surface area (Å²) < 4.78 is 62.6. The van der Waals surface area contributed by atoms with E-state index in [1.807, 2.05) is 0 Å². The SMILES string of the molecule is CS(=O)(=O)NC[C@H]1OC[C@H]2CN(Cc3cccs3)CC[C@H]21.O=C(O)C(F)(F)F. The summed E-state index contributed by atoms with van der Waals surface area (Å²) in [5.74, 6) is -1.74. The lowest BCUT2D eigenvalue weighted by Crippen LogP contribution is -2.43. The van der Waals surface area contributed by atoms with Crippen LogP contribution in [0.15, 0.2) is 17.5 Å². The number of hydrogen-bond donors (Lipinski definition) is 2. The molecule has 0 aliphatic carbocycles. The highest BCUT2D eigenvalue weighted by Crippen LogP contribution is 2.34. The number of nitrogens with one attached hydrogen (secondary N) is 1. The van der Waals surface area contributed by atoms with Crippen molar-refractivity contribution >= 4 is 27.3 Å². The summed E-state index contributed by atoms with van der Waals surface area (Å²) in [6, 6.07) is 4.28. The average molecular weight is 444 g/mol. The average Bonchev–Trinajstić information content (AvgIpc) is 3.21. The number of likely N-dealkylation sites (tertiary alicyclic amines) is 1. The first-order chi connectivity index (χ1) is 13.0. The molecule has 1 aromatic rings. The lowest BCUT2D eigenvalue weighted by atomic mass is 9.84. The number of nitrogens with zero attached hydrogens (tertiary/aromatic N) is 1. The molecule has 0 aromatic carbocycles. The van der Waals surface area contributed by atoms with Gasteiger partial charge in [0.2, 0.25) is 10.0 Å². The number of rotatable bonds is 5. The lowest BCUT2D eigenvalue weighted by molar-refractivity contribution is -0.192. The van der Waals surface area contributed by atoms with Gasteiger partial charge in [-0.3, -0.25) is 4.90 Å². The van der Waals surface area contributed by atoms with E-state index in [0.717, 1.165) is 32.7 Å². The van der Waals surface area contributed by atoms with Crippen LogP contribution < -0.4 is 4.72 Å². The maximum absolute atomic E-state index is 11.2. The van der Waals surface area contributed by atoms with Crippen LogP contribution in [0.25, 0.3) is 0 Å². The summed E-state index contributed by atoms with van der Waals surface area (Å²) in [4.78, 5) is 12.8. The molecular weight excluding hydrogens is 421 g/mol. The van der Waals surface area contributed by atoms with Crippen molar-refractivity contribution in [2.24, 2.45) is 11.8 Å². The third-order valence-corrected chi connectivity index (χ3v) is 6.18. The van der Waals surface area contributed by atoms with Gasteiger partial charge in [-0.05, 0) is 30.3 Å². The monoisotopic (exact) mass is 444 g/mol. The molecule has 0 spiro atoms. The second-order valence-corrected chi connectivity index (χ2v) is 9.69. The summed E-state index contributed by atoms with van der Waals surface area (Å²) in [5.41, 5.74) is 0. The fraction of sp³-hybridized carbons (Fsp3) is 0.688. The Hall–Kier alpha value is -1.21. The molecule has 3 rings (SSSR count). The van der Waals surface area contributed by atoms with Gasteiger partial charge in [-0.15, -0.1) is 11.3 Å². The molecule has 12 heteroatoms. The van der Waals surface area contributed by atoms with Gasteiger partial charge in [0.1, 0.15) is 0 Å². The quantitative estimate of drug-likeness (QED) is 0.719. The molecule has 3 atom stereocenters. The summed E-state index contributed by atoms with van der Waals surface area (Å²) in [5, 5.41) is 9.24. The number of ether oxygens (including phenoxy) is 1. The zero-order chi connectivity index (χ0) is 20.9. The minimum atomic E-state index is -5.08. The van der Waals surface area contributed by atoms with E-state index in [2.05, 4.69) is 27.1 Å². The zero-order valence-corrected chi connectivity index (χ0v) is 16.8. The molecule has 160 valence electrons. The number of sulfonamides is 1. The van der Waals surface area contributed by atoms with Crippen LogP contribution in [0.3, 0.4) is 0 Å². The zero-order valence-electron chi connectivity index (χ0n) is 15.2. The van der Waals surface area contributed by atoms with E-state index in [0.29, 0.717) is 18.4 Å². The topological polar surface area (TPSA) is 95.9 Å². The van der Waals surface area contributed by atoms with Gasteiger partial charge in [0.05, 0.1) is 19.0 Å². The number of piperidine rings is 1. The first kappa shape index (κ1) is 23.1. The van der Waals surface area contributed by atoms with Crippen molar-refractivity contribution in [2.75, 3.05) is 32.5 Å². The molecule has 0 bridgehead atoms. The van der Waals surface area contributed by atoms with E-state index in [9.17, 15) is 21.6 Å². The van der Waals surface area contributed by atoms with Crippen molar-refractivity contribution in [3.05, 3.63) is 22.4 Å². The number of hydrogen-bond acceptors (Lipinski definition) is 6. The van der Waals surface area contributed by atoms with Crippen LogP contribution in [-0.4, -0.2) is 69.2 Å². The molecule has 0 radical (unpaired) electrons. The smallest absolute Gasteiger partial charge is 0.475 e. The van der Waals surface area contributed by atoms with Gasteiger partial charge in [0.25, 0.3) is 0 Å². The van der Waals surface area contributed by atoms with Crippen molar-refractivity contribution in [1.82, 2.24) is 9.62 Å². The molecule has 1 aromatic heterocycles. The van der Waals surface area contributed by atoms with E-state index in [1.165, 1.54) is 11.1 Å². The number of alkyl halides is 3. The predicted molar refractivity (Wildman–Crippen MR) is 97.5 cm³/mol. The van der Waals surface area contributed by atoms with E-state index >= 15 is 0 Å². The van der Waals surface area contributed by atoms with Crippen molar-refractivity contribution < 1.29 is 36.2 Å². The minimum absolute atomic E-state index is 0.0358. The molecule has 2 fully saturated rings. The van der Waals surface area contributed by atoms with Crippen molar-refractivity contribution in [3.8, 4) is 0 Å². The van der Waals surface area contributed by atoms with E-state index in [-0.39, 0.29) is 6.10 Å². The van der Waals surface area contributed by atoms with E-state index in [4.69, 9.17) is 14.6 Å². The second kappa shape index (κ2) is 9.53. The van der Waals surface area contributed by atoms with Crippen LogP contribution in [0, 0.1) is 11.8 Å². The number of thiophene rings is 1. The highest BCUT2D eigenvalue weighted by molar-refractivity contribution is 7.88. The summed E-state index contributed by atoms with van der Waals surface area (Å²) in [6.07, 6.45) is -2.76. The molecule has 0 unspecified atom stereocenters. The van der Waals surface area contributed by atoms with Crippen molar-refractivity contribution in [2.45, 2.75) is 25.2 Å². The Labute approximate surface area is 165 Å². The highest BCUT2D eigenvalue weighted by Gasteiger charge is 2.41. The molecule has 2 aliphatic heterocycles. The van der Waals surface area contributed by atoms with Crippen LogP contribution in [0.2, 0.25) is 0 Å². The molecule has 28 heavy (non-hydrogen) atoms. The number of aliphatic carboxylic acids is 1. The number of fused-ring (bicyclic) bond motifs is 1. The van der Waals surface area contributed by atoms with Gasteiger partial charge in [-0.25, -0.2) is 17.9 Å². The molecule has 0 saturated carbocycles. The summed E-state index contributed by atoms with van der Waals surface area (Å²) in [7, 11) is -3.13.